The van der Waals surface area contributed by atoms with E-state index in [0.29, 0.717) is 18.9 Å². The number of alkyl halides is 2. The van der Waals surface area contributed by atoms with Gasteiger partial charge >= 0.3 is 0 Å². The Kier molecular flexibility index (Phi) is 3.54. The van der Waals surface area contributed by atoms with E-state index in [4.69, 9.17) is 0 Å². The summed E-state index contributed by atoms with van der Waals surface area (Å²) in [7, 11) is 0. The largest absolute Gasteiger partial charge is 0.309 e. The maximum absolute atomic E-state index is 12.7. The van der Waals surface area contributed by atoms with Crippen LogP contribution in [0.2, 0.25) is 0 Å². The van der Waals surface area contributed by atoms with Crippen LogP contribution in [0.1, 0.15) is 30.4 Å². The molecule has 0 bridgehead atoms. The molecule has 1 aromatic carbocycles. The predicted octanol–water partition coefficient (Wildman–Crippen LogP) is 2.96. The lowest BCUT2D eigenvalue weighted by molar-refractivity contribution is 0.0900. The van der Waals surface area contributed by atoms with Gasteiger partial charge in [0.25, 0.3) is 6.43 Å². The van der Waals surface area contributed by atoms with Crippen molar-refractivity contribution in [3.05, 3.63) is 35.4 Å². The zero-order valence-electron chi connectivity index (χ0n) is 9.42. The van der Waals surface area contributed by atoms with Gasteiger partial charge in [0.05, 0.1) is 6.04 Å². The van der Waals surface area contributed by atoms with Gasteiger partial charge in [-0.15, -0.1) is 0 Å². The molecule has 1 aromatic rings. The first-order chi connectivity index (χ1) is 7.72. The lowest BCUT2D eigenvalue weighted by Crippen LogP contribution is -2.38. The maximum atomic E-state index is 12.7. The van der Waals surface area contributed by atoms with Gasteiger partial charge in [0.2, 0.25) is 0 Å². The lowest BCUT2D eigenvalue weighted by Gasteiger charge is -2.33. The number of hydrogen-bond acceptors (Lipinski definition) is 1. The normalized spacial score (nSPS) is 20.4. The number of benzene rings is 1. The molecule has 0 fully saturated rings. The standard InChI is InChI=1S/C13H17F2N/c1-2-16-12(13(14)15)8-10-7-9-5-3-4-6-11(9)10/h3-6,10,12-13,16H,2,7-8H2,1H3. The fraction of sp³-hybridized carbons (Fsp3) is 0.538. The highest BCUT2D eigenvalue weighted by Gasteiger charge is 2.30. The summed E-state index contributed by atoms with van der Waals surface area (Å²) in [5, 5.41) is 2.86. The highest BCUT2D eigenvalue weighted by atomic mass is 19.3. The second kappa shape index (κ2) is 4.91. The second-order valence-electron chi connectivity index (χ2n) is 4.33. The van der Waals surface area contributed by atoms with Gasteiger partial charge in [-0.05, 0) is 36.4 Å². The van der Waals surface area contributed by atoms with E-state index in [2.05, 4.69) is 17.4 Å². The summed E-state index contributed by atoms with van der Waals surface area (Å²) in [6.07, 6.45) is -0.777. The molecule has 0 radical (unpaired) electrons. The molecule has 1 N–H and O–H groups in total. The Morgan fingerprint density at radius 1 is 1.38 bits per heavy atom. The first-order valence-electron chi connectivity index (χ1n) is 5.81. The van der Waals surface area contributed by atoms with Crippen LogP contribution in [0.5, 0.6) is 0 Å². The van der Waals surface area contributed by atoms with Gasteiger partial charge in [0.1, 0.15) is 0 Å². The van der Waals surface area contributed by atoms with E-state index in [-0.39, 0.29) is 0 Å². The van der Waals surface area contributed by atoms with Crippen LogP contribution in [-0.4, -0.2) is 19.0 Å². The quantitative estimate of drug-likeness (QED) is 0.812. The molecule has 1 nitrogen and oxygen atoms in total. The Balaban J connectivity index is 1.97. The lowest BCUT2D eigenvalue weighted by atomic mass is 9.74. The molecular weight excluding hydrogens is 208 g/mol. The van der Waals surface area contributed by atoms with E-state index in [1.807, 2.05) is 19.1 Å². The van der Waals surface area contributed by atoms with E-state index in [1.54, 1.807) is 0 Å². The molecular formula is C13H17F2N. The zero-order chi connectivity index (χ0) is 11.5. The Morgan fingerprint density at radius 2 is 2.12 bits per heavy atom. The summed E-state index contributed by atoms with van der Waals surface area (Å²) >= 11 is 0. The van der Waals surface area contributed by atoms with Crippen molar-refractivity contribution in [1.29, 1.82) is 0 Å². The van der Waals surface area contributed by atoms with E-state index in [9.17, 15) is 8.78 Å². The molecule has 0 spiro atoms. The van der Waals surface area contributed by atoms with Crippen LogP contribution in [0.25, 0.3) is 0 Å². The van der Waals surface area contributed by atoms with Crippen LogP contribution in [-0.2, 0) is 6.42 Å². The SMILES string of the molecule is CCNC(CC1Cc2ccccc21)C(F)F. The third kappa shape index (κ3) is 2.24. The average molecular weight is 225 g/mol. The second-order valence-corrected chi connectivity index (χ2v) is 4.33. The minimum Gasteiger partial charge on any atom is -0.309 e. The number of rotatable bonds is 5. The highest BCUT2D eigenvalue weighted by molar-refractivity contribution is 5.39. The summed E-state index contributed by atoms with van der Waals surface area (Å²) in [5.41, 5.74) is 2.57. The molecule has 3 heteroatoms. The Bertz CT molecular complexity index is 352. The minimum absolute atomic E-state index is 0.314. The molecule has 0 aliphatic heterocycles. The summed E-state index contributed by atoms with van der Waals surface area (Å²) in [4.78, 5) is 0. The first kappa shape index (κ1) is 11.5. The van der Waals surface area contributed by atoms with Crippen molar-refractivity contribution in [1.82, 2.24) is 5.32 Å². The number of nitrogens with one attached hydrogen (secondary N) is 1. The van der Waals surface area contributed by atoms with Crippen LogP contribution in [0.3, 0.4) is 0 Å². The summed E-state index contributed by atoms with van der Waals surface area (Å²) in [5.74, 6) is 0.314. The predicted molar refractivity (Wildman–Crippen MR) is 61.0 cm³/mol. The first-order valence-corrected chi connectivity index (χ1v) is 5.81. The zero-order valence-corrected chi connectivity index (χ0v) is 9.42. The van der Waals surface area contributed by atoms with Crippen LogP contribution in [0, 0.1) is 0 Å². The molecule has 2 rings (SSSR count). The highest BCUT2D eigenvalue weighted by Crippen LogP contribution is 2.38. The van der Waals surface area contributed by atoms with Gasteiger partial charge in [0, 0.05) is 0 Å². The van der Waals surface area contributed by atoms with E-state index in [0.717, 1.165) is 6.42 Å². The molecule has 0 saturated carbocycles. The number of hydrogen-bond donors (Lipinski definition) is 1. The van der Waals surface area contributed by atoms with Crippen molar-refractivity contribution in [3.63, 3.8) is 0 Å². The molecule has 0 amide bonds. The van der Waals surface area contributed by atoms with Crippen molar-refractivity contribution in [3.8, 4) is 0 Å². The summed E-state index contributed by atoms with van der Waals surface area (Å²) in [6, 6.07) is 7.46. The average Bonchev–Trinajstić information content (AvgIpc) is 2.24. The molecule has 0 aromatic heterocycles. The molecule has 2 unspecified atom stereocenters. The molecule has 0 saturated heterocycles. The van der Waals surface area contributed by atoms with E-state index in [1.165, 1.54) is 11.1 Å². The van der Waals surface area contributed by atoms with Crippen LogP contribution in [0.4, 0.5) is 8.78 Å². The smallest absolute Gasteiger partial charge is 0.253 e. The van der Waals surface area contributed by atoms with Gasteiger partial charge in [-0.3, -0.25) is 0 Å². The van der Waals surface area contributed by atoms with Gasteiger partial charge < -0.3 is 5.32 Å². The Morgan fingerprint density at radius 3 is 2.75 bits per heavy atom. The Labute approximate surface area is 94.9 Å². The van der Waals surface area contributed by atoms with E-state index >= 15 is 0 Å². The van der Waals surface area contributed by atoms with Crippen molar-refractivity contribution >= 4 is 0 Å². The topological polar surface area (TPSA) is 12.0 Å². The van der Waals surface area contributed by atoms with Crippen LogP contribution < -0.4 is 5.32 Å². The molecule has 1 aliphatic rings. The third-order valence-electron chi connectivity index (χ3n) is 3.27. The maximum Gasteiger partial charge on any atom is 0.253 e. The molecule has 0 heterocycles. The van der Waals surface area contributed by atoms with Gasteiger partial charge in [0.15, 0.2) is 0 Å². The number of halogens is 2. The molecule has 1 aliphatic carbocycles. The van der Waals surface area contributed by atoms with Gasteiger partial charge in [-0.1, -0.05) is 31.2 Å². The fourth-order valence-corrected chi connectivity index (χ4v) is 2.42. The van der Waals surface area contributed by atoms with Crippen molar-refractivity contribution < 1.29 is 8.78 Å². The van der Waals surface area contributed by atoms with Crippen molar-refractivity contribution in [2.45, 2.75) is 38.2 Å². The minimum atomic E-state index is -2.27. The summed E-state index contributed by atoms with van der Waals surface area (Å²) < 4.78 is 25.4. The number of fused-ring (bicyclic) bond motifs is 1. The van der Waals surface area contributed by atoms with Crippen LogP contribution in [0.15, 0.2) is 24.3 Å². The van der Waals surface area contributed by atoms with Crippen molar-refractivity contribution in [2.75, 3.05) is 6.54 Å². The molecule has 88 valence electrons. The Hall–Kier alpha value is -0.960. The molecule has 16 heavy (non-hydrogen) atoms. The molecule has 2 atom stereocenters. The van der Waals surface area contributed by atoms with Gasteiger partial charge in [-0.25, -0.2) is 8.78 Å². The fourth-order valence-electron chi connectivity index (χ4n) is 2.42. The van der Waals surface area contributed by atoms with Gasteiger partial charge in [-0.2, -0.15) is 0 Å². The van der Waals surface area contributed by atoms with Crippen LogP contribution >= 0.6 is 0 Å². The monoisotopic (exact) mass is 225 g/mol. The van der Waals surface area contributed by atoms with Crippen molar-refractivity contribution in [2.24, 2.45) is 0 Å². The van der Waals surface area contributed by atoms with E-state index < -0.39 is 12.5 Å². The third-order valence-corrected chi connectivity index (χ3v) is 3.27. The summed E-state index contributed by atoms with van der Waals surface area (Å²) in [6.45, 7) is 2.47.